The van der Waals surface area contributed by atoms with Gasteiger partial charge in [-0.05, 0) is 49.9 Å². The summed E-state index contributed by atoms with van der Waals surface area (Å²) in [6, 6.07) is 6.71. The molecule has 116 valence electrons. The van der Waals surface area contributed by atoms with Gasteiger partial charge in [-0.3, -0.25) is 0 Å². The summed E-state index contributed by atoms with van der Waals surface area (Å²) >= 11 is 3.26. The molecule has 0 aliphatic heterocycles. The summed E-state index contributed by atoms with van der Waals surface area (Å²) in [6.45, 7) is 0. The Bertz CT molecular complexity index is 518. The van der Waals surface area contributed by atoms with E-state index in [1.807, 2.05) is 0 Å². The number of carboxylic acid groups (broad SMARTS) is 1. The second-order valence-electron chi connectivity index (χ2n) is 5.35. The number of hydrogen-bond donors (Lipinski definition) is 2. The molecular formula is C14H15BrF3NO2. The molecule has 0 amide bonds. The van der Waals surface area contributed by atoms with Crippen LogP contribution in [-0.2, 0) is 4.79 Å². The summed E-state index contributed by atoms with van der Waals surface area (Å²) in [6.07, 6.45) is -4.39. The lowest BCUT2D eigenvalue weighted by molar-refractivity contribution is -0.188. The normalized spacial score (nSPS) is 26.4. The summed E-state index contributed by atoms with van der Waals surface area (Å²) < 4.78 is 39.6. The molecule has 2 N–H and O–H groups in total. The smallest absolute Gasteiger partial charge is 0.391 e. The molecule has 2 unspecified atom stereocenters. The van der Waals surface area contributed by atoms with E-state index in [0.717, 1.165) is 4.47 Å². The summed E-state index contributed by atoms with van der Waals surface area (Å²) in [5, 5.41) is 12.3. The highest BCUT2D eigenvalue weighted by Gasteiger charge is 2.51. The Morgan fingerprint density at radius 1 is 1.33 bits per heavy atom. The van der Waals surface area contributed by atoms with Gasteiger partial charge in [0.25, 0.3) is 0 Å². The molecule has 0 heterocycles. The second-order valence-corrected chi connectivity index (χ2v) is 6.27. The van der Waals surface area contributed by atoms with Gasteiger partial charge in [-0.15, -0.1) is 0 Å². The number of carbonyl (C=O) groups is 1. The minimum absolute atomic E-state index is 0.0133. The van der Waals surface area contributed by atoms with Gasteiger partial charge in [-0.1, -0.05) is 15.9 Å². The van der Waals surface area contributed by atoms with Gasteiger partial charge in [-0.25, -0.2) is 4.79 Å². The zero-order valence-electron chi connectivity index (χ0n) is 11.1. The first-order valence-corrected chi connectivity index (χ1v) is 7.36. The van der Waals surface area contributed by atoms with E-state index in [1.165, 1.54) is 0 Å². The zero-order valence-corrected chi connectivity index (χ0v) is 12.7. The quantitative estimate of drug-likeness (QED) is 0.832. The highest BCUT2D eigenvalue weighted by Crippen LogP contribution is 2.43. The molecule has 0 radical (unpaired) electrons. The van der Waals surface area contributed by atoms with Crippen molar-refractivity contribution in [3.05, 3.63) is 28.7 Å². The summed E-state index contributed by atoms with van der Waals surface area (Å²) in [5.41, 5.74) is -1.06. The summed E-state index contributed by atoms with van der Waals surface area (Å²) in [5.74, 6) is -2.82. The summed E-state index contributed by atoms with van der Waals surface area (Å²) in [4.78, 5) is 11.6. The molecule has 1 fully saturated rings. The Hall–Kier alpha value is -1.24. The predicted molar refractivity (Wildman–Crippen MR) is 76.1 cm³/mol. The van der Waals surface area contributed by atoms with Gasteiger partial charge in [0, 0.05) is 10.2 Å². The molecule has 1 aliphatic rings. The maximum Gasteiger partial charge on any atom is 0.391 e. The average molecular weight is 366 g/mol. The first-order chi connectivity index (χ1) is 9.73. The number of hydrogen-bond acceptors (Lipinski definition) is 2. The zero-order chi connectivity index (χ0) is 15.7. The SMILES string of the molecule is O=C(O)C1(Nc2ccc(Br)cc2)CCCC(C(F)(F)F)C1. The second kappa shape index (κ2) is 5.87. The Labute approximate surface area is 128 Å². The third kappa shape index (κ3) is 3.70. The highest BCUT2D eigenvalue weighted by molar-refractivity contribution is 9.10. The largest absolute Gasteiger partial charge is 0.480 e. The molecule has 1 aromatic rings. The maximum absolute atomic E-state index is 12.9. The van der Waals surface area contributed by atoms with Crippen LogP contribution in [0.3, 0.4) is 0 Å². The number of anilines is 1. The van der Waals surface area contributed by atoms with Crippen molar-refractivity contribution >= 4 is 27.6 Å². The van der Waals surface area contributed by atoms with Crippen LogP contribution in [0.5, 0.6) is 0 Å². The van der Waals surface area contributed by atoms with Crippen molar-refractivity contribution < 1.29 is 23.1 Å². The minimum atomic E-state index is -4.36. The van der Waals surface area contributed by atoms with E-state index < -0.39 is 30.0 Å². The fourth-order valence-electron chi connectivity index (χ4n) is 2.73. The van der Waals surface area contributed by atoms with Crippen LogP contribution in [-0.4, -0.2) is 22.8 Å². The molecule has 1 aromatic carbocycles. The molecular weight excluding hydrogens is 351 g/mol. The Morgan fingerprint density at radius 2 is 1.95 bits per heavy atom. The van der Waals surface area contributed by atoms with Gasteiger partial charge in [0.2, 0.25) is 0 Å². The van der Waals surface area contributed by atoms with Gasteiger partial charge >= 0.3 is 12.1 Å². The average Bonchev–Trinajstić information content (AvgIpc) is 2.40. The van der Waals surface area contributed by atoms with E-state index in [2.05, 4.69) is 21.2 Å². The van der Waals surface area contributed by atoms with Crippen LogP contribution < -0.4 is 5.32 Å². The third-order valence-corrected chi connectivity index (χ3v) is 4.38. The van der Waals surface area contributed by atoms with E-state index >= 15 is 0 Å². The molecule has 0 bridgehead atoms. The van der Waals surface area contributed by atoms with Gasteiger partial charge in [0.15, 0.2) is 0 Å². The van der Waals surface area contributed by atoms with Gasteiger partial charge < -0.3 is 10.4 Å². The van der Waals surface area contributed by atoms with Crippen LogP contribution in [0.15, 0.2) is 28.7 Å². The number of halogens is 4. The van der Waals surface area contributed by atoms with E-state index in [0.29, 0.717) is 5.69 Å². The van der Waals surface area contributed by atoms with E-state index in [1.54, 1.807) is 24.3 Å². The lowest BCUT2D eigenvalue weighted by atomic mass is 9.75. The molecule has 2 rings (SSSR count). The van der Waals surface area contributed by atoms with Crippen molar-refractivity contribution in [2.75, 3.05) is 5.32 Å². The molecule has 1 saturated carbocycles. The molecule has 1 aliphatic carbocycles. The third-order valence-electron chi connectivity index (χ3n) is 3.85. The van der Waals surface area contributed by atoms with Gasteiger partial charge in [0.1, 0.15) is 5.54 Å². The number of aliphatic carboxylic acids is 1. The van der Waals surface area contributed by atoms with E-state index in [9.17, 15) is 23.1 Å². The number of benzene rings is 1. The van der Waals surface area contributed by atoms with Crippen LogP contribution in [0, 0.1) is 5.92 Å². The van der Waals surface area contributed by atoms with Gasteiger partial charge in [-0.2, -0.15) is 13.2 Å². The molecule has 3 nitrogen and oxygen atoms in total. The van der Waals surface area contributed by atoms with Crippen molar-refractivity contribution in [3.63, 3.8) is 0 Å². The predicted octanol–water partition coefficient (Wildman–Crippen LogP) is 4.44. The fourth-order valence-corrected chi connectivity index (χ4v) is 2.99. The number of carboxylic acids is 1. The monoisotopic (exact) mass is 365 g/mol. The van der Waals surface area contributed by atoms with Crippen molar-refractivity contribution in [1.82, 2.24) is 0 Å². The number of rotatable bonds is 3. The first-order valence-electron chi connectivity index (χ1n) is 6.57. The number of nitrogens with one attached hydrogen (secondary N) is 1. The van der Waals surface area contributed by atoms with Crippen LogP contribution in [0.25, 0.3) is 0 Å². The Kier molecular flexibility index (Phi) is 4.51. The molecule has 0 saturated heterocycles. The van der Waals surface area contributed by atoms with Crippen molar-refractivity contribution in [2.45, 2.75) is 37.4 Å². The van der Waals surface area contributed by atoms with Crippen molar-refractivity contribution in [1.29, 1.82) is 0 Å². The lowest BCUT2D eigenvalue weighted by Gasteiger charge is -2.39. The van der Waals surface area contributed by atoms with Crippen molar-refractivity contribution in [3.8, 4) is 0 Å². The van der Waals surface area contributed by atoms with Crippen LogP contribution >= 0.6 is 15.9 Å². The molecule has 0 spiro atoms. The maximum atomic E-state index is 12.9. The molecule has 0 aromatic heterocycles. The minimum Gasteiger partial charge on any atom is -0.480 e. The Morgan fingerprint density at radius 3 is 2.48 bits per heavy atom. The lowest BCUT2D eigenvalue weighted by Crippen LogP contribution is -2.52. The standard InChI is InChI=1S/C14H15BrF3NO2/c15-10-3-5-11(6-4-10)19-13(12(20)21)7-1-2-9(8-13)14(16,17)18/h3-6,9,19H,1-2,7-8H2,(H,20,21). The van der Waals surface area contributed by atoms with Crippen LogP contribution in [0.1, 0.15) is 25.7 Å². The molecule has 2 atom stereocenters. The first kappa shape index (κ1) is 16.1. The summed E-state index contributed by atoms with van der Waals surface area (Å²) in [7, 11) is 0. The topological polar surface area (TPSA) is 49.3 Å². The number of alkyl halides is 3. The Balaban J connectivity index is 2.24. The van der Waals surface area contributed by atoms with E-state index in [-0.39, 0.29) is 19.3 Å². The van der Waals surface area contributed by atoms with Crippen LogP contribution in [0.4, 0.5) is 18.9 Å². The van der Waals surface area contributed by atoms with Crippen molar-refractivity contribution in [2.24, 2.45) is 5.92 Å². The highest BCUT2D eigenvalue weighted by atomic mass is 79.9. The molecule has 21 heavy (non-hydrogen) atoms. The molecule has 7 heteroatoms. The fraction of sp³-hybridized carbons (Fsp3) is 0.500. The van der Waals surface area contributed by atoms with Gasteiger partial charge in [0.05, 0.1) is 5.92 Å². The van der Waals surface area contributed by atoms with Crippen LogP contribution in [0.2, 0.25) is 0 Å². The van der Waals surface area contributed by atoms with E-state index in [4.69, 9.17) is 0 Å².